The van der Waals surface area contributed by atoms with E-state index in [1.807, 2.05) is 10.9 Å². The second kappa shape index (κ2) is 3.38. The minimum Gasteiger partial charge on any atom is -0.396 e. The lowest BCUT2D eigenvalue weighted by molar-refractivity contribution is 0.443. The Bertz CT molecular complexity index is 281. The summed E-state index contributed by atoms with van der Waals surface area (Å²) >= 11 is 0. The summed E-state index contributed by atoms with van der Waals surface area (Å²) in [6.07, 6.45) is 7.17. The number of hydrogen-bond donors (Lipinski definition) is 2. The summed E-state index contributed by atoms with van der Waals surface area (Å²) in [6.45, 7) is 0.799. The molecular formula is C9H16N4. The molecule has 0 aliphatic heterocycles. The van der Waals surface area contributed by atoms with Gasteiger partial charge in [0, 0.05) is 6.20 Å². The van der Waals surface area contributed by atoms with Gasteiger partial charge >= 0.3 is 0 Å². The number of rotatable bonds is 2. The number of aromatic nitrogens is 2. The van der Waals surface area contributed by atoms with Gasteiger partial charge in [0.05, 0.1) is 17.9 Å². The van der Waals surface area contributed by atoms with Crippen molar-refractivity contribution in [2.45, 2.75) is 25.3 Å². The topological polar surface area (TPSA) is 69.9 Å². The highest BCUT2D eigenvalue weighted by molar-refractivity contribution is 5.30. The third-order valence-electron chi connectivity index (χ3n) is 2.84. The average Bonchev–Trinajstić information content (AvgIpc) is 2.71. The molecule has 1 heterocycles. The van der Waals surface area contributed by atoms with Crippen LogP contribution in [0.2, 0.25) is 0 Å². The Balaban J connectivity index is 2.03. The molecule has 4 heteroatoms. The molecule has 0 saturated heterocycles. The van der Waals surface area contributed by atoms with Gasteiger partial charge in [-0.2, -0.15) is 5.10 Å². The molecule has 0 amide bonds. The summed E-state index contributed by atoms with van der Waals surface area (Å²) in [4.78, 5) is 0. The molecule has 13 heavy (non-hydrogen) atoms. The fraction of sp³-hybridized carbons (Fsp3) is 0.667. The van der Waals surface area contributed by atoms with Crippen LogP contribution in [0.15, 0.2) is 12.4 Å². The molecule has 0 aromatic carbocycles. The summed E-state index contributed by atoms with van der Waals surface area (Å²) in [5, 5.41) is 4.22. The lowest BCUT2D eigenvalue weighted by Gasteiger charge is -2.10. The van der Waals surface area contributed by atoms with Crippen LogP contribution < -0.4 is 11.5 Å². The van der Waals surface area contributed by atoms with Crippen molar-refractivity contribution in [2.24, 2.45) is 11.7 Å². The predicted octanol–water partition coefficient (Wildman–Crippen LogP) is 0.765. The second-order valence-electron chi connectivity index (χ2n) is 3.82. The van der Waals surface area contributed by atoms with E-state index in [-0.39, 0.29) is 0 Å². The Hall–Kier alpha value is -1.03. The zero-order chi connectivity index (χ0) is 9.26. The largest absolute Gasteiger partial charge is 0.396 e. The van der Waals surface area contributed by atoms with Crippen LogP contribution in [0.4, 0.5) is 5.69 Å². The minimum absolute atomic E-state index is 0.519. The first-order chi connectivity index (χ1) is 6.29. The van der Waals surface area contributed by atoms with Gasteiger partial charge in [-0.05, 0) is 31.7 Å². The van der Waals surface area contributed by atoms with E-state index < -0.39 is 0 Å². The summed E-state index contributed by atoms with van der Waals surface area (Å²) in [6, 6.07) is 0.519. The lowest BCUT2D eigenvalue weighted by atomic mass is 10.1. The molecular weight excluding hydrogens is 164 g/mol. The molecule has 2 rings (SSSR count). The zero-order valence-corrected chi connectivity index (χ0v) is 7.69. The third kappa shape index (κ3) is 1.67. The maximum atomic E-state index is 5.62. The van der Waals surface area contributed by atoms with Crippen molar-refractivity contribution in [3.63, 3.8) is 0 Å². The number of hydrogen-bond acceptors (Lipinski definition) is 3. The maximum Gasteiger partial charge on any atom is 0.0719 e. The van der Waals surface area contributed by atoms with Crippen LogP contribution in [0.1, 0.15) is 25.3 Å². The average molecular weight is 180 g/mol. The molecule has 72 valence electrons. The van der Waals surface area contributed by atoms with Gasteiger partial charge in [0.15, 0.2) is 0 Å². The monoisotopic (exact) mass is 180 g/mol. The van der Waals surface area contributed by atoms with Crippen LogP contribution in [0, 0.1) is 5.92 Å². The van der Waals surface area contributed by atoms with Gasteiger partial charge < -0.3 is 11.5 Å². The standard InChI is InChI=1S/C9H16N4/c10-4-7-1-2-9(3-7)13-6-8(11)5-12-13/h5-7,9H,1-4,10-11H2. The van der Waals surface area contributed by atoms with Gasteiger partial charge in [0.2, 0.25) is 0 Å². The van der Waals surface area contributed by atoms with E-state index in [0.717, 1.165) is 18.7 Å². The SMILES string of the molecule is NCC1CCC(n2cc(N)cn2)C1. The Morgan fingerprint density at radius 2 is 2.38 bits per heavy atom. The first-order valence-corrected chi connectivity index (χ1v) is 4.79. The molecule has 2 atom stereocenters. The van der Waals surface area contributed by atoms with Gasteiger partial charge in [-0.1, -0.05) is 0 Å². The lowest BCUT2D eigenvalue weighted by Crippen LogP contribution is -2.12. The van der Waals surface area contributed by atoms with E-state index >= 15 is 0 Å². The Morgan fingerprint density at radius 1 is 1.54 bits per heavy atom. The van der Waals surface area contributed by atoms with Gasteiger partial charge in [-0.15, -0.1) is 0 Å². The first kappa shape index (κ1) is 8.56. The Morgan fingerprint density at radius 3 is 2.92 bits per heavy atom. The Labute approximate surface area is 77.9 Å². The zero-order valence-electron chi connectivity index (χ0n) is 7.69. The molecule has 1 fully saturated rings. The second-order valence-corrected chi connectivity index (χ2v) is 3.82. The van der Waals surface area contributed by atoms with E-state index in [9.17, 15) is 0 Å². The summed E-state index contributed by atoms with van der Waals surface area (Å²) in [7, 11) is 0. The third-order valence-corrected chi connectivity index (χ3v) is 2.84. The van der Waals surface area contributed by atoms with E-state index in [1.165, 1.54) is 12.8 Å². The minimum atomic E-state index is 0.519. The van der Waals surface area contributed by atoms with Gasteiger partial charge in [-0.3, -0.25) is 4.68 Å². The molecule has 0 radical (unpaired) electrons. The highest BCUT2D eigenvalue weighted by Gasteiger charge is 2.25. The molecule has 1 saturated carbocycles. The normalized spacial score (nSPS) is 28.1. The molecule has 4 N–H and O–H groups in total. The van der Waals surface area contributed by atoms with E-state index in [1.54, 1.807) is 6.20 Å². The van der Waals surface area contributed by atoms with Crippen molar-refractivity contribution in [2.75, 3.05) is 12.3 Å². The maximum absolute atomic E-state index is 5.62. The number of nitrogens with two attached hydrogens (primary N) is 2. The molecule has 0 bridgehead atoms. The molecule has 1 aromatic heterocycles. The van der Waals surface area contributed by atoms with Crippen LogP contribution >= 0.6 is 0 Å². The highest BCUT2D eigenvalue weighted by Crippen LogP contribution is 2.33. The highest BCUT2D eigenvalue weighted by atomic mass is 15.3. The Kier molecular flexibility index (Phi) is 2.22. The fourth-order valence-electron chi connectivity index (χ4n) is 2.06. The van der Waals surface area contributed by atoms with Crippen LogP contribution in [0.5, 0.6) is 0 Å². The van der Waals surface area contributed by atoms with Crippen molar-refractivity contribution >= 4 is 5.69 Å². The van der Waals surface area contributed by atoms with Crippen LogP contribution in [-0.4, -0.2) is 16.3 Å². The van der Waals surface area contributed by atoms with E-state index in [0.29, 0.717) is 12.0 Å². The molecule has 1 aromatic rings. The first-order valence-electron chi connectivity index (χ1n) is 4.79. The molecule has 1 aliphatic carbocycles. The van der Waals surface area contributed by atoms with E-state index in [4.69, 9.17) is 11.5 Å². The van der Waals surface area contributed by atoms with Gasteiger partial charge in [0.25, 0.3) is 0 Å². The molecule has 4 nitrogen and oxygen atoms in total. The summed E-state index contributed by atoms with van der Waals surface area (Å²) < 4.78 is 1.98. The van der Waals surface area contributed by atoms with Gasteiger partial charge in [-0.25, -0.2) is 0 Å². The summed E-state index contributed by atoms with van der Waals surface area (Å²) in [5.41, 5.74) is 12.0. The van der Waals surface area contributed by atoms with Crippen LogP contribution in [0.3, 0.4) is 0 Å². The van der Waals surface area contributed by atoms with E-state index in [2.05, 4.69) is 5.10 Å². The fourth-order valence-corrected chi connectivity index (χ4v) is 2.06. The van der Waals surface area contributed by atoms with Crippen molar-refractivity contribution in [1.29, 1.82) is 0 Å². The van der Waals surface area contributed by atoms with Crippen molar-refractivity contribution < 1.29 is 0 Å². The summed E-state index contributed by atoms with van der Waals surface area (Å²) in [5.74, 6) is 0.676. The van der Waals surface area contributed by atoms with Gasteiger partial charge in [0.1, 0.15) is 0 Å². The smallest absolute Gasteiger partial charge is 0.0719 e. The quantitative estimate of drug-likeness (QED) is 0.706. The number of nitrogens with zero attached hydrogens (tertiary/aromatic N) is 2. The predicted molar refractivity (Wildman–Crippen MR) is 52.1 cm³/mol. The molecule has 0 spiro atoms. The van der Waals surface area contributed by atoms with Crippen molar-refractivity contribution in [3.8, 4) is 0 Å². The molecule has 1 aliphatic rings. The van der Waals surface area contributed by atoms with Crippen LogP contribution in [-0.2, 0) is 0 Å². The van der Waals surface area contributed by atoms with Crippen molar-refractivity contribution in [3.05, 3.63) is 12.4 Å². The number of nitrogen functional groups attached to an aromatic ring is 1. The number of anilines is 1. The molecule has 2 unspecified atom stereocenters. The van der Waals surface area contributed by atoms with Crippen LogP contribution in [0.25, 0.3) is 0 Å². The van der Waals surface area contributed by atoms with Crippen molar-refractivity contribution in [1.82, 2.24) is 9.78 Å².